The Labute approximate surface area is 81.0 Å². The summed E-state index contributed by atoms with van der Waals surface area (Å²) >= 11 is -4.06. The maximum Gasteiger partial charge on any atom is 0.437 e. The van der Waals surface area contributed by atoms with Gasteiger partial charge in [-0.1, -0.05) is 0 Å². The number of nitrogens with zero attached hydrogens (tertiary/aromatic N) is 2. The molecule has 0 bridgehead atoms. The van der Waals surface area contributed by atoms with Gasteiger partial charge in [0.25, 0.3) is 0 Å². The lowest BCUT2D eigenvalue weighted by molar-refractivity contribution is -0.143. The maximum absolute atomic E-state index is 12.7. The van der Waals surface area contributed by atoms with Gasteiger partial charge in [0, 0.05) is 11.1 Å². The normalized spacial score (nSPS) is 15.3. The number of H-pyrrole nitrogens is 1. The standard InChI is InChI=1S/C4H2F5N3O2S/c5-3(6,7)1-2(11-12-10-1)4(8,9)15(13)14/h(H,13,14)(H,10,11,12)/p-1. The summed E-state index contributed by atoms with van der Waals surface area (Å²) in [6.45, 7) is 0. The highest BCUT2D eigenvalue weighted by Crippen LogP contribution is 2.37. The van der Waals surface area contributed by atoms with Crippen LogP contribution >= 0.6 is 0 Å². The zero-order chi connectivity index (χ0) is 11.9. The van der Waals surface area contributed by atoms with Crippen LogP contribution in [0, 0.1) is 0 Å². The second-order valence-corrected chi connectivity index (χ2v) is 3.25. The van der Waals surface area contributed by atoms with E-state index in [1.807, 2.05) is 0 Å². The second kappa shape index (κ2) is 3.48. The second-order valence-electron chi connectivity index (χ2n) is 2.27. The van der Waals surface area contributed by atoms with Crippen molar-refractivity contribution in [2.45, 2.75) is 11.4 Å². The largest absolute Gasteiger partial charge is 0.768 e. The molecular weight excluding hydrogens is 249 g/mol. The molecule has 1 rings (SSSR count). The molecule has 1 unspecified atom stereocenters. The van der Waals surface area contributed by atoms with Gasteiger partial charge in [-0.25, -0.2) is 0 Å². The van der Waals surface area contributed by atoms with Crippen LogP contribution in [-0.4, -0.2) is 24.2 Å². The molecule has 0 aliphatic heterocycles. The van der Waals surface area contributed by atoms with Crippen molar-refractivity contribution < 1.29 is 30.7 Å². The number of halogens is 5. The minimum atomic E-state index is -5.20. The molecule has 1 aromatic heterocycles. The number of alkyl halides is 5. The zero-order valence-corrected chi connectivity index (χ0v) is 7.33. The van der Waals surface area contributed by atoms with E-state index < -0.39 is 33.9 Å². The van der Waals surface area contributed by atoms with Crippen molar-refractivity contribution in [3.05, 3.63) is 11.4 Å². The summed E-state index contributed by atoms with van der Waals surface area (Å²) in [5, 5.41) is 1.45. The van der Waals surface area contributed by atoms with Crippen LogP contribution in [0.4, 0.5) is 22.0 Å². The molecule has 0 saturated carbocycles. The fourth-order valence-corrected chi connectivity index (χ4v) is 1.01. The molecule has 15 heavy (non-hydrogen) atoms. The molecule has 1 heterocycles. The van der Waals surface area contributed by atoms with Crippen molar-refractivity contribution in [1.29, 1.82) is 0 Å². The molecule has 0 saturated heterocycles. The third-order valence-corrected chi connectivity index (χ3v) is 1.91. The number of rotatable bonds is 2. The van der Waals surface area contributed by atoms with Crippen LogP contribution in [-0.2, 0) is 22.5 Å². The van der Waals surface area contributed by atoms with Gasteiger partial charge in [0.2, 0.25) is 0 Å². The molecule has 0 radical (unpaired) electrons. The topological polar surface area (TPSA) is 81.7 Å². The molecule has 11 heteroatoms. The molecule has 0 aliphatic carbocycles. The van der Waals surface area contributed by atoms with Gasteiger partial charge < -0.3 is 4.55 Å². The fourth-order valence-electron chi connectivity index (χ4n) is 0.710. The van der Waals surface area contributed by atoms with Crippen LogP contribution in [0.25, 0.3) is 0 Å². The predicted molar refractivity (Wildman–Crippen MR) is 34.2 cm³/mol. The van der Waals surface area contributed by atoms with Crippen LogP contribution in [0.15, 0.2) is 0 Å². The fraction of sp³-hybridized carbons (Fsp3) is 0.500. The number of hydrogen-bond acceptors (Lipinski definition) is 4. The average Bonchev–Trinajstić information content (AvgIpc) is 2.49. The minimum Gasteiger partial charge on any atom is -0.768 e. The van der Waals surface area contributed by atoms with E-state index >= 15 is 0 Å². The van der Waals surface area contributed by atoms with Crippen LogP contribution in [0.5, 0.6) is 0 Å². The summed E-state index contributed by atoms with van der Waals surface area (Å²) in [4.78, 5) is 0. The van der Waals surface area contributed by atoms with Gasteiger partial charge >= 0.3 is 11.4 Å². The molecule has 1 N–H and O–H groups in total. The van der Waals surface area contributed by atoms with Crippen molar-refractivity contribution in [2.75, 3.05) is 0 Å². The van der Waals surface area contributed by atoms with Crippen LogP contribution in [0.1, 0.15) is 11.4 Å². The molecule has 0 aliphatic rings. The van der Waals surface area contributed by atoms with Crippen molar-refractivity contribution in [2.24, 2.45) is 0 Å². The molecule has 86 valence electrons. The Morgan fingerprint density at radius 1 is 1.13 bits per heavy atom. The molecule has 1 aromatic rings. The average molecular weight is 250 g/mol. The van der Waals surface area contributed by atoms with Gasteiger partial charge in [0.1, 0.15) is 0 Å². The van der Waals surface area contributed by atoms with Crippen LogP contribution < -0.4 is 0 Å². The highest BCUT2D eigenvalue weighted by atomic mass is 32.2. The summed E-state index contributed by atoms with van der Waals surface area (Å²) in [6, 6.07) is 0. The molecule has 5 nitrogen and oxygen atoms in total. The lowest BCUT2D eigenvalue weighted by Crippen LogP contribution is -2.24. The number of hydrogen-bond donors (Lipinski definition) is 1. The van der Waals surface area contributed by atoms with E-state index in [4.69, 9.17) is 0 Å². The molecule has 0 aromatic carbocycles. The monoisotopic (exact) mass is 250 g/mol. The molecule has 0 spiro atoms. The Hall–Kier alpha value is -1.10. The van der Waals surface area contributed by atoms with Gasteiger partial charge in [-0.15, -0.1) is 0 Å². The van der Waals surface area contributed by atoms with E-state index in [0.29, 0.717) is 0 Å². The van der Waals surface area contributed by atoms with E-state index in [9.17, 15) is 30.7 Å². The van der Waals surface area contributed by atoms with Crippen molar-refractivity contribution in [3.63, 3.8) is 0 Å². The first-order chi connectivity index (χ1) is 6.67. The number of aromatic amines is 1. The SMILES string of the molecule is O=S([O-])C(F)(F)c1n[nH]nc1C(F)(F)F. The first-order valence-corrected chi connectivity index (χ1v) is 4.20. The van der Waals surface area contributed by atoms with E-state index in [2.05, 4.69) is 10.2 Å². The smallest absolute Gasteiger partial charge is 0.437 e. The van der Waals surface area contributed by atoms with E-state index in [0.717, 1.165) is 0 Å². The van der Waals surface area contributed by atoms with E-state index in [1.165, 1.54) is 5.21 Å². The summed E-state index contributed by atoms with van der Waals surface area (Å²) in [7, 11) is 0. The molecular formula is C4HF5N3O2S-. The van der Waals surface area contributed by atoms with Crippen molar-refractivity contribution >= 4 is 11.1 Å². The quantitative estimate of drug-likeness (QED) is 0.620. The molecule has 0 amide bonds. The third-order valence-electron chi connectivity index (χ3n) is 1.30. The first kappa shape index (κ1) is 12.0. The van der Waals surface area contributed by atoms with E-state index in [1.54, 1.807) is 0 Å². The van der Waals surface area contributed by atoms with Gasteiger partial charge in [-0.05, 0) is 0 Å². The highest BCUT2D eigenvalue weighted by Gasteiger charge is 2.48. The Kier molecular flexibility index (Phi) is 2.78. The van der Waals surface area contributed by atoms with Crippen molar-refractivity contribution in [1.82, 2.24) is 15.4 Å². The maximum atomic E-state index is 12.7. The highest BCUT2D eigenvalue weighted by molar-refractivity contribution is 7.79. The van der Waals surface area contributed by atoms with E-state index in [-0.39, 0.29) is 0 Å². The predicted octanol–water partition coefficient (Wildman–Crippen LogP) is 0.752. The lowest BCUT2D eigenvalue weighted by Gasteiger charge is -2.17. The summed E-state index contributed by atoms with van der Waals surface area (Å²) in [6.07, 6.45) is -5.20. The first-order valence-electron chi connectivity index (χ1n) is 3.13. The summed E-state index contributed by atoms with van der Waals surface area (Å²) in [5.74, 6) is 0. The van der Waals surface area contributed by atoms with Gasteiger partial charge in [-0.2, -0.15) is 37.4 Å². The van der Waals surface area contributed by atoms with Crippen LogP contribution in [0.3, 0.4) is 0 Å². The van der Waals surface area contributed by atoms with Crippen molar-refractivity contribution in [3.8, 4) is 0 Å². The Morgan fingerprint density at radius 3 is 2.00 bits per heavy atom. The van der Waals surface area contributed by atoms with Gasteiger partial charge in [-0.3, -0.25) is 4.21 Å². The minimum absolute atomic E-state index is 1.29. The molecule has 0 fully saturated rings. The Morgan fingerprint density at radius 2 is 1.60 bits per heavy atom. The Balaban J connectivity index is 3.28. The Bertz CT molecular complexity index is 388. The zero-order valence-electron chi connectivity index (χ0n) is 6.51. The lowest BCUT2D eigenvalue weighted by atomic mass is 10.3. The summed E-state index contributed by atoms with van der Waals surface area (Å²) < 4.78 is 81.4. The number of nitrogens with one attached hydrogen (secondary N) is 1. The third kappa shape index (κ3) is 2.12. The molecule has 1 atom stereocenters. The summed E-state index contributed by atoms with van der Waals surface area (Å²) in [5.41, 5.74) is -4.03. The van der Waals surface area contributed by atoms with Crippen LogP contribution in [0.2, 0.25) is 0 Å². The van der Waals surface area contributed by atoms with Gasteiger partial charge in [0.15, 0.2) is 11.4 Å². The number of aromatic nitrogens is 3. The van der Waals surface area contributed by atoms with Gasteiger partial charge in [0.05, 0.1) is 0 Å².